The van der Waals surface area contributed by atoms with Gasteiger partial charge < -0.3 is 0 Å². The largest absolute Gasteiger partial charge is 0.289 e. The van der Waals surface area contributed by atoms with Crippen LogP contribution >= 0.6 is 23.2 Å². The average Bonchev–Trinajstić information content (AvgIpc) is 3.18. The Balaban J connectivity index is 1.99. The molecule has 1 heterocycles. The normalized spacial score (nSPS) is 16.9. The van der Waals surface area contributed by atoms with Crippen molar-refractivity contribution in [2.24, 2.45) is 20.8 Å². The second-order valence-corrected chi connectivity index (χ2v) is 11.5. The van der Waals surface area contributed by atoms with Crippen LogP contribution in [0.4, 0.5) is 0 Å². The number of halogens is 2. The molecule has 34 heavy (non-hydrogen) atoms. The van der Waals surface area contributed by atoms with Crippen LogP contribution < -0.4 is 0 Å². The molecule has 5 heteroatoms. The second-order valence-electron chi connectivity index (χ2n) is 10.6. The van der Waals surface area contributed by atoms with Gasteiger partial charge in [-0.25, -0.2) is 9.98 Å². The van der Waals surface area contributed by atoms with Gasteiger partial charge in [-0.2, -0.15) is 0 Å². The standard InChI is InChI=1S/C29H28Cl2N2O/c1-28(2,3)21-15-18(16-22(26(21)34)29(4,5)6)27-32-24(17-11-13-19(30)14-12-17)25(33-27)20-9-7-8-10-23(20)31/h7-16H,1-6H3. The maximum Gasteiger partial charge on any atom is 0.186 e. The first-order chi connectivity index (χ1) is 15.9. The van der Waals surface area contributed by atoms with Crippen molar-refractivity contribution in [2.45, 2.75) is 41.5 Å². The molecule has 2 aromatic rings. The van der Waals surface area contributed by atoms with E-state index >= 15 is 0 Å². The molecule has 3 nitrogen and oxygen atoms in total. The van der Waals surface area contributed by atoms with E-state index in [-0.39, 0.29) is 16.6 Å². The van der Waals surface area contributed by atoms with Gasteiger partial charge in [0.15, 0.2) is 11.6 Å². The molecule has 0 atom stereocenters. The van der Waals surface area contributed by atoms with E-state index < -0.39 is 0 Å². The fraction of sp³-hybridized carbons (Fsp3) is 0.276. The number of benzene rings is 2. The molecule has 0 radical (unpaired) electrons. The van der Waals surface area contributed by atoms with Gasteiger partial charge in [0, 0.05) is 32.9 Å². The molecule has 0 bridgehead atoms. The lowest BCUT2D eigenvalue weighted by Crippen LogP contribution is -2.28. The van der Waals surface area contributed by atoms with Gasteiger partial charge in [-0.1, -0.05) is 95.1 Å². The summed E-state index contributed by atoms with van der Waals surface area (Å²) in [6.45, 7) is 12.3. The van der Waals surface area contributed by atoms with E-state index in [1.54, 1.807) is 0 Å². The maximum atomic E-state index is 13.4. The molecule has 2 aromatic carbocycles. The summed E-state index contributed by atoms with van der Waals surface area (Å²) in [7, 11) is 0. The molecular formula is C29H28Cl2N2O. The van der Waals surface area contributed by atoms with Crippen molar-refractivity contribution < 1.29 is 4.79 Å². The van der Waals surface area contributed by atoms with E-state index in [1.807, 2.05) is 60.7 Å². The number of aliphatic imine (C=N–C) groups is 2. The van der Waals surface area contributed by atoms with Crippen molar-refractivity contribution in [3.8, 4) is 0 Å². The second kappa shape index (κ2) is 8.79. The molecule has 174 valence electrons. The van der Waals surface area contributed by atoms with Gasteiger partial charge in [0.1, 0.15) is 5.71 Å². The number of Topliss-reactive ketones (excluding diaryl/α,β-unsaturated/α-hetero) is 1. The van der Waals surface area contributed by atoms with Crippen LogP contribution in [0, 0.1) is 10.8 Å². The zero-order valence-electron chi connectivity index (χ0n) is 20.3. The minimum absolute atomic E-state index is 0.0829. The van der Waals surface area contributed by atoms with Gasteiger partial charge in [-0.15, -0.1) is 0 Å². The van der Waals surface area contributed by atoms with Crippen molar-refractivity contribution in [2.75, 3.05) is 0 Å². The molecule has 4 rings (SSSR count). The van der Waals surface area contributed by atoms with Crippen LogP contribution in [0.5, 0.6) is 0 Å². The summed E-state index contributed by atoms with van der Waals surface area (Å²) >= 11 is 12.7. The molecule has 0 amide bonds. The van der Waals surface area contributed by atoms with Crippen LogP contribution in [-0.4, -0.2) is 17.2 Å². The Morgan fingerprint density at radius 1 is 0.706 bits per heavy atom. The Hall–Kier alpha value is -2.75. The lowest BCUT2D eigenvalue weighted by Gasteiger charge is -2.31. The fourth-order valence-electron chi connectivity index (χ4n) is 3.99. The van der Waals surface area contributed by atoms with Gasteiger partial charge in [-0.3, -0.25) is 4.79 Å². The first kappa shape index (κ1) is 24.4. The molecular weight excluding hydrogens is 463 g/mol. The van der Waals surface area contributed by atoms with Gasteiger partial charge in [-0.05, 0) is 41.2 Å². The van der Waals surface area contributed by atoms with Crippen LogP contribution in [0.15, 0.2) is 93.2 Å². The van der Waals surface area contributed by atoms with E-state index in [4.69, 9.17) is 33.2 Å². The molecule has 0 fully saturated rings. The Labute approximate surface area is 211 Å². The summed E-state index contributed by atoms with van der Waals surface area (Å²) in [5.74, 6) is 0.649. The molecule has 0 unspecified atom stereocenters. The van der Waals surface area contributed by atoms with Gasteiger partial charge >= 0.3 is 0 Å². The van der Waals surface area contributed by atoms with E-state index in [2.05, 4.69) is 41.5 Å². The number of hydrogen-bond acceptors (Lipinski definition) is 3. The van der Waals surface area contributed by atoms with Crippen LogP contribution in [-0.2, 0) is 4.79 Å². The highest BCUT2D eigenvalue weighted by atomic mass is 35.5. The Morgan fingerprint density at radius 2 is 1.24 bits per heavy atom. The monoisotopic (exact) mass is 490 g/mol. The minimum atomic E-state index is -0.315. The predicted molar refractivity (Wildman–Crippen MR) is 143 cm³/mol. The zero-order valence-corrected chi connectivity index (χ0v) is 21.8. The maximum absolute atomic E-state index is 13.4. The third-order valence-corrected chi connectivity index (χ3v) is 6.45. The summed E-state index contributed by atoms with van der Waals surface area (Å²) in [6, 6.07) is 15.1. The van der Waals surface area contributed by atoms with E-state index in [9.17, 15) is 4.79 Å². The van der Waals surface area contributed by atoms with Crippen molar-refractivity contribution in [3.63, 3.8) is 0 Å². The lowest BCUT2D eigenvalue weighted by atomic mass is 9.72. The summed E-state index contributed by atoms with van der Waals surface area (Å²) in [4.78, 5) is 23.3. The van der Waals surface area contributed by atoms with E-state index in [0.717, 1.165) is 33.6 Å². The first-order valence-corrected chi connectivity index (χ1v) is 12.0. The summed E-state index contributed by atoms with van der Waals surface area (Å²) in [5, 5.41) is 1.25. The summed E-state index contributed by atoms with van der Waals surface area (Å²) in [6.07, 6.45) is 3.88. The minimum Gasteiger partial charge on any atom is -0.289 e. The number of hydrogen-bond donors (Lipinski definition) is 0. The summed E-state index contributed by atoms with van der Waals surface area (Å²) < 4.78 is 0. The number of allylic oxidation sites excluding steroid dienone is 5. The SMILES string of the molecule is CC(C)(C)C1=CC(=C2N=C(c3ccc(Cl)cc3)C(c3ccccc3Cl)=N2)C=C(C(C)(C)C)C1=O. The number of carbonyl (C=O) groups is 1. The van der Waals surface area contributed by atoms with E-state index in [0.29, 0.717) is 21.6 Å². The van der Waals surface area contributed by atoms with Gasteiger partial charge in [0.05, 0.1) is 10.7 Å². The van der Waals surface area contributed by atoms with E-state index in [1.165, 1.54) is 0 Å². The fourth-order valence-corrected chi connectivity index (χ4v) is 4.35. The van der Waals surface area contributed by atoms with Crippen molar-refractivity contribution >= 4 is 40.4 Å². The highest BCUT2D eigenvalue weighted by Crippen LogP contribution is 2.40. The number of ketones is 1. The average molecular weight is 491 g/mol. The molecule has 0 saturated carbocycles. The van der Waals surface area contributed by atoms with Crippen molar-refractivity contribution in [1.29, 1.82) is 0 Å². The number of rotatable bonds is 2. The zero-order chi connectivity index (χ0) is 24.8. The Bertz CT molecular complexity index is 1290. The van der Waals surface area contributed by atoms with Crippen molar-refractivity contribution in [3.05, 3.63) is 104 Å². The van der Waals surface area contributed by atoms with Crippen LogP contribution in [0.1, 0.15) is 52.7 Å². The lowest BCUT2D eigenvalue weighted by molar-refractivity contribution is -0.114. The van der Waals surface area contributed by atoms with Crippen molar-refractivity contribution in [1.82, 2.24) is 0 Å². The molecule has 0 saturated heterocycles. The smallest absolute Gasteiger partial charge is 0.186 e. The molecule has 1 aliphatic heterocycles. The predicted octanol–water partition coefficient (Wildman–Crippen LogP) is 8.02. The van der Waals surface area contributed by atoms with Crippen LogP contribution in [0.25, 0.3) is 0 Å². The quantitative estimate of drug-likeness (QED) is 0.419. The molecule has 0 aromatic heterocycles. The molecule has 0 spiro atoms. The van der Waals surface area contributed by atoms with Crippen LogP contribution in [0.3, 0.4) is 0 Å². The topological polar surface area (TPSA) is 41.8 Å². The Kier molecular flexibility index (Phi) is 6.30. The molecule has 0 N–H and O–H groups in total. The highest BCUT2D eigenvalue weighted by Gasteiger charge is 2.35. The Morgan fingerprint density at radius 3 is 1.76 bits per heavy atom. The number of nitrogens with zero attached hydrogens (tertiary/aromatic N) is 2. The summed E-state index contributed by atoms with van der Waals surface area (Å²) in [5.41, 5.74) is 4.83. The highest BCUT2D eigenvalue weighted by molar-refractivity contribution is 6.57. The van der Waals surface area contributed by atoms with Gasteiger partial charge in [0.2, 0.25) is 0 Å². The van der Waals surface area contributed by atoms with Gasteiger partial charge in [0.25, 0.3) is 0 Å². The third-order valence-electron chi connectivity index (χ3n) is 5.87. The van der Waals surface area contributed by atoms with Crippen LogP contribution in [0.2, 0.25) is 10.0 Å². The molecule has 2 aliphatic rings. The molecule has 1 aliphatic carbocycles. The first-order valence-electron chi connectivity index (χ1n) is 11.3. The third kappa shape index (κ3) is 4.73. The number of carbonyl (C=O) groups excluding carboxylic acids is 1.